The third-order valence-electron chi connectivity index (χ3n) is 4.69. The lowest BCUT2D eigenvalue weighted by atomic mass is 10.1. The number of nitrogens with zero attached hydrogens (tertiary/aromatic N) is 4. The summed E-state index contributed by atoms with van der Waals surface area (Å²) in [6, 6.07) is 7.87. The van der Waals surface area contributed by atoms with Gasteiger partial charge in [0.25, 0.3) is 0 Å². The van der Waals surface area contributed by atoms with E-state index in [2.05, 4.69) is 25.7 Å². The number of methoxy groups -OCH3 is 2. The third-order valence-corrected chi connectivity index (χ3v) is 4.69. The third kappa shape index (κ3) is 6.46. The summed E-state index contributed by atoms with van der Waals surface area (Å²) in [6.07, 6.45) is 1.78. The second-order valence-corrected chi connectivity index (χ2v) is 6.97. The van der Waals surface area contributed by atoms with Gasteiger partial charge >= 0.3 is 0 Å². The molecule has 1 aliphatic heterocycles. The molecule has 1 aromatic carbocycles. The molecule has 0 aliphatic carbocycles. The van der Waals surface area contributed by atoms with E-state index in [0.29, 0.717) is 13.2 Å². The molecule has 3 rings (SSSR count). The summed E-state index contributed by atoms with van der Waals surface area (Å²) in [5.74, 6) is 3.93. The van der Waals surface area contributed by atoms with Gasteiger partial charge in [0.15, 0.2) is 23.3 Å². The average molecular weight is 530 g/mol. The maximum Gasteiger partial charge on any atom is 0.191 e. The number of ether oxygens (including phenoxy) is 3. The fourth-order valence-corrected chi connectivity index (χ4v) is 3.27. The van der Waals surface area contributed by atoms with Gasteiger partial charge in [0.05, 0.1) is 20.2 Å². The first-order valence-corrected chi connectivity index (χ1v) is 9.81. The molecule has 0 bridgehead atoms. The molecule has 0 saturated carbocycles. The van der Waals surface area contributed by atoms with Gasteiger partial charge in [-0.1, -0.05) is 12.1 Å². The fourth-order valence-electron chi connectivity index (χ4n) is 3.27. The molecule has 166 valence electrons. The number of halogens is 1. The molecule has 10 heteroatoms. The number of aromatic nitrogens is 3. The maximum absolute atomic E-state index is 5.99. The second-order valence-electron chi connectivity index (χ2n) is 6.97. The Morgan fingerprint density at radius 3 is 2.77 bits per heavy atom. The minimum Gasteiger partial charge on any atom is -0.493 e. The molecule has 2 unspecified atom stereocenters. The molecule has 2 atom stereocenters. The number of hydrogen-bond donors (Lipinski definition) is 2. The summed E-state index contributed by atoms with van der Waals surface area (Å²) < 4.78 is 18.4. The standard InChI is InChI=1S/C20H30N6O3.HI/c1-14(29-17-8-6-5-7-16(17)28-4)11-22-20(21-2)23-15-9-10-19-24-18(13-27-3)25-26(19)12-15;/h5-8,14-15H,9-13H2,1-4H3,(H2,21,22,23);1H. The average Bonchev–Trinajstić information content (AvgIpc) is 3.13. The van der Waals surface area contributed by atoms with Crippen LogP contribution in [0.4, 0.5) is 0 Å². The smallest absolute Gasteiger partial charge is 0.191 e. The first-order chi connectivity index (χ1) is 14.1. The molecule has 1 aliphatic rings. The highest BCUT2D eigenvalue weighted by Crippen LogP contribution is 2.26. The van der Waals surface area contributed by atoms with Crippen molar-refractivity contribution in [2.45, 2.75) is 45.1 Å². The summed E-state index contributed by atoms with van der Waals surface area (Å²) >= 11 is 0. The highest BCUT2D eigenvalue weighted by molar-refractivity contribution is 14.0. The van der Waals surface area contributed by atoms with Crippen molar-refractivity contribution in [2.75, 3.05) is 27.8 Å². The van der Waals surface area contributed by atoms with Crippen LogP contribution in [0.3, 0.4) is 0 Å². The summed E-state index contributed by atoms with van der Waals surface area (Å²) in [4.78, 5) is 8.85. The zero-order valence-corrected chi connectivity index (χ0v) is 20.3. The molecule has 30 heavy (non-hydrogen) atoms. The van der Waals surface area contributed by atoms with Crippen molar-refractivity contribution < 1.29 is 14.2 Å². The minimum atomic E-state index is -0.0604. The maximum atomic E-state index is 5.99. The number of rotatable bonds is 8. The van der Waals surface area contributed by atoms with Crippen molar-refractivity contribution in [2.24, 2.45) is 4.99 Å². The van der Waals surface area contributed by atoms with Crippen molar-refractivity contribution in [3.8, 4) is 11.5 Å². The van der Waals surface area contributed by atoms with Crippen LogP contribution in [0.1, 0.15) is 25.0 Å². The summed E-state index contributed by atoms with van der Waals surface area (Å²) in [5.41, 5.74) is 0. The Bertz CT molecular complexity index is 829. The van der Waals surface area contributed by atoms with Crippen LogP contribution >= 0.6 is 24.0 Å². The lowest BCUT2D eigenvalue weighted by Gasteiger charge is -2.26. The van der Waals surface area contributed by atoms with E-state index >= 15 is 0 Å². The van der Waals surface area contributed by atoms with Crippen molar-refractivity contribution in [3.05, 3.63) is 35.9 Å². The lowest BCUT2D eigenvalue weighted by molar-refractivity contribution is 0.177. The first-order valence-electron chi connectivity index (χ1n) is 9.81. The van der Waals surface area contributed by atoms with Gasteiger partial charge < -0.3 is 24.8 Å². The highest BCUT2D eigenvalue weighted by Gasteiger charge is 2.22. The molecule has 0 amide bonds. The number of guanidine groups is 1. The Morgan fingerprint density at radius 1 is 1.30 bits per heavy atom. The Balaban J connectivity index is 0.00000320. The number of hydrogen-bond acceptors (Lipinski definition) is 6. The summed E-state index contributed by atoms with van der Waals surface area (Å²) in [7, 11) is 5.06. The van der Waals surface area contributed by atoms with Crippen molar-refractivity contribution in [3.63, 3.8) is 0 Å². The van der Waals surface area contributed by atoms with Crippen LogP contribution in [-0.2, 0) is 24.3 Å². The number of nitrogens with one attached hydrogen (secondary N) is 2. The van der Waals surface area contributed by atoms with E-state index in [-0.39, 0.29) is 36.1 Å². The predicted molar refractivity (Wildman–Crippen MR) is 126 cm³/mol. The number of aryl methyl sites for hydroxylation is 1. The molecule has 2 heterocycles. The molecule has 2 aromatic rings. The summed E-state index contributed by atoms with van der Waals surface area (Å²) in [6.45, 7) is 3.80. The van der Waals surface area contributed by atoms with E-state index in [1.165, 1.54) is 0 Å². The van der Waals surface area contributed by atoms with Gasteiger partial charge in [-0.2, -0.15) is 5.10 Å². The molecule has 0 radical (unpaired) electrons. The largest absolute Gasteiger partial charge is 0.493 e. The number of fused-ring (bicyclic) bond motifs is 1. The zero-order valence-electron chi connectivity index (χ0n) is 17.9. The molecular weight excluding hydrogens is 499 g/mol. The molecule has 2 N–H and O–H groups in total. The van der Waals surface area contributed by atoms with Gasteiger partial charge in [-0.05, 0) is 25.5 Å². The number of para-hydroxylation sites is 2. The Kier molecular flexibility index (Phi) is 9.63. The second kappa shape index (κ2) is 11.9. The highest BCUT2D eigenvalue weighted by atomic mass is 127. The van der Waals surface area contributed by atoms with E-state index in [9.17, 15) is 0 Å². The van der Waals surface area contributed by atoms with Gasteiger partial charge in [0.2, 0.25) is 0 Å². The Morgan fingerprint density at radius 2 is 2.07 bits per heavy atom. The van der Waals surface area contributed by atoms with Crippen LogP contribution in [0, 0.1) is 0 Å². The molecule has 9 nitrogen and oxygen atoms in total. The molecule has 0 spiro atoms. The van der Waals surface area contributed by atoms with Crippen LogP contribution in [0.15, 0.2) is 29.3 Å². The predicted octanol–water partition coefficient (Wildman–Crippen LogP) is 2.00. The van der Waals surface area contributed by atoms with E-state index < -0.39 is 0 Å². The van der Waals surface area contributed by atoms with Crippen molar-refractivity contribution >= 4 is 29.9 Å². The molecular formula is C20H31IN6O3. The normalized spacial score (nSPS) is 16.8. The quantitative estimate of drug-likeness (QED) is 0.306. The first kappa shape index (κ1) is 24.2. The van der Waals surface area contributed by atoms with Crippen molar-refractivity contribution in [1.29, 1.82) is 0 Å². The van der Waals surface area contributed by atoms with Crippen LogP contribution in [0.2, 0.25) is 0 Å². The lowest BCUT2D eigenvalue weighted by Crippen LogP contribution is -2.48. The SMILES string of the molecule is CN=C(NCC(C)Oc1ccccc1OC)NC1CCc2nc(COC)nn2C1.I. The monoisotopic (exact) mass is 530 g/mol. The van der Waals surface area contributed by atoms with Gasteiger partial charge in [0.1, 0.15) is 18.5 Å². The van der Waals surface area contributed by atoms with Gasteiger partial charge in [-0.25, -0.2) is 9.67 Å². The topological polar surface area (TPSA) is 94.8 Å². The number of aliphatic imine (C=N–C) groups is 1. The van der Waals surface area contributed by atoms with Crippen LogP contribution in [0.5, 0.6) is 11.5 Å². The van der Waals surface area contributed by atoms with Crippen molar-refractivity contribution in [1.82, 2.24) is 25.4 Å². The van der Waals surface area contributed by atoms with Crippen LogP contribution in [-0.4, -0.2) is 60.7 Å². The molecule has 1 aromatic heterocycles. The van der Waals surface area contributed by atoms with Gasteiger partial charge in [0, 0.05) is 26.6 Å². The van der Waals surface area contributed by atoms with E-state index in [0.717, 1.165) is 48.5 Å². The number of benzene rings is 1. The summed E-state index contributed by atoms with van der Waals surface area (Å²) in [5, 5.41) is 11.3. The zero-order chi connectivity index (χ0) is 20.6. The van der Waals surface area contributed by atoms with Crippen LogP contribution < -0.4 is 20.1 Å². The van der Waals surface area contributed by atoms with E-state index in [4.69, 9.17) is 14.2 Å². The van der Waals surface area contributed by atoms with Gasteiger partial charge in [-0.3, -0.25) is 4.99 Å². The van der Waals surface area contributed by atoms with E-state index in [1.54, 1.807) is 21.3 Å². The van der Waals surface area contributed by atoms with Crippen LogP contribution in [0.25, 0.3) is 0 Å². The molecule has 0 saturated heterocycles. The Hall–Kier alpha value is -2.08. The van der Waals surface area contributed by atoms with Gasteiger partial charge in [-0.15, -0.1) is 24.0 Å². The Labute approximate surface area is 194 Å². The molecule has 0 fully saturated rings. The fraction of sp³-hybridized carbons (Fsp3) is 0.550. The minimum absolute atomic E-state index is 0. The van der Waals surface area contributed by atoms with E-state index in [1.807, 2.05) is 35.9 Å².